The molecular weight excluding hydrogens is 162 g/mol. The minimum atomic E-state index is 0.0931. The van der Waals surface area contributed by atoms with Crippen molar-refractivity contribution < 1.29 is 0 Å². The van der Waals surface area contributed by atoms with Gasteiger partial charge in [-0.25, -0.2) is 0 Å². The summed E-state index contributed by atoms with van der Waals surface area (Å²) in [5, 5.41) is 0. The van der Waals surface area contributed by atoms with Crippen molar-refractivity contribution in [1.82, 2.24) is 4.98 Å². The number of rotatable bonds is 3. The Morgan fingerprint density at radius 1 is 1.54 bits per heavy atom. The Balaban J connectivity index is 2.09. The maximum atomic E-state index is 6.03. The fraction of sp³-hybridized carbons (Fsp3) is 0.500. The molecule has 3 nitrogen and oxygen atoms in total. The van der Waals surface area contributed by atoms with Gasteiger partial charge in [-0.3, -0.25) is 4.98 Å². The first kappa shape index (κ1) is 8.51. The SMILES string of the molecule is Nc1cnccc1C(N)CC1CC1. The van der Waals surface area contributed by atoms with Crippen molar-refractivity contribution in [2.45, 2.75) is 25.3 Å². The van der Waals surface area contributed by atoms with Gasteiger partial charge in [0.15, 0.2) is 0 Å². The third-order valence-corrected chi connectivity index (χ3v) is 2.57. The van der Waals surface area contributed by atoms with Gasteiger partial charge in [-0.1, -0.05) is 12.8 Å². The molecule has 2 rings (SSSR count). The van der Waals surface area contributed by atoms with Crippen LogP contribution in [0.1, 0.15) is 30.9 Å². The first-order chi connectivity index (χ1) is 6.27. The molecule has 0 radical (unpaired) electrons. The predicted octanol–water partition coefficient (Wildman–Crippen LogP) is 1.46. The Morgan fingerprint density at radius 3 is 2.92 bits per heavy atom. The first-order valence-electron chi connectivity index (χ1n) is 4.72. The van der Waals surface area contributed by atoms with Gasteiger partial charge in [0.05, 0.1) is 11.9 Å². The van der Waals surface area contributed by atoms with E-state index in [9.17, 15) is 0 Å². The lowest BCUT2D eigenvalue weighted by Gasteiger charge is -2.12. The normalized spacial score (nSPS) is 18.5. The summed E-state index contributed by atoms with van der Waals surface area (Å²) in [7, 11) is 0. The predicted molar refractivity (Wildman–Crippen MR) is 52.9 cm³/mol. The van der Waals surface area contributed by atoms with Gasteiger partial charge >= 0.3 is 0 Å². The molecule has 0 aromatic carbocycles. The van der Waals surface area contributed by atoms with Gasteiger partial charge < -0.3 is 11.5 Å². The van der Waals surface area contributed by atoms with Crippen LogP contribution < -0.4 is 11.5 Å². The molecule has 0 saturated heterocycles. The van der Waals surface area contributed by atoms with Crippen molar-refractivity contribution in [3.8, 4) is 0 Å². The zero-order valence-electron chi connectivity index (χ0n) is 7.61. The van der Waals surface area contributed by atoms with Gasteiger partial charge in [-0.05, 0) is 24.0 Å². The fourth-order valence-electron chi connectivity index (χ4n) is 1.59. The Labute approximate surface area is 78.1 Å². The van der Waals surface area contributed by atoms with E-state index in [1.807, 2.05) is 6.07 Å². The highest BCUT2D eigenvalue weighted by atomic mass is 14.7. The summed E-state index contributed by atoms with van der Waals surface area (Å²) in [5.74, 6) is 0.836. The summed E-state index contributed by atoms with van der Waals surface area (Å²) in [5.41, 5.74) is 13.6. The molecule has 0 bridgehead atoms. The van der Waals surface area contributed by atoms with Crippen LogP contribution in [0.15, 0.2) is 18.5 Å². The smallest absolute Gasteiger partial charge is 0.0549 e. The number of hydrogen-bond acceptors (Lipinski definition) is 3. The van der Waals surface area contributed by atoms with E-state index in [2.05, 4.69) is 4.98 Å². The Hall–Kier alpha value is -1.09. The van der Waals surface area contributed by atoms with Gasteiger partial charge in [0, 0.05) is 12.2 Å². The van der Waals surface area contributed by atoms with Gasteiger partial charge in [-0.15, -0.1) is 0 Å². The monoisotopic (exact) mass is 177 g/mol. The average Bonchev–Trinajstić information content (AvgIpc) is 2.89. The summed E-state index contributed by atoms with van der Waals surface area (Å²) < 4.78 is 0. The van der Waals surface area contributed by atoms with E-state index in [1.54, 1.807) is 12.4 Å². The molecule has 1 aliphatic rings. The summed E-state index contributed by atoms with van der Waals surface area (Å²) in [6.07, 6.45) is 7.14. The third-order valence-electron chi connectivity index (χ3n) is 2.57. The molecule has 13 heavy (non-hydrogen) atoms. The molecule has 1 atom stereocenters. The topological polar surface area (TPSA) is 64.9 Å². The maximum absolute atomic E-state index is 6.03. The van der Waals surface area contributed by atoms with Crippen molar-refractivity contribution in [1.29, 1.82) is 0 Å². The molecule has 4 N–H and O–H groups in total. The number of nitrogens with two attached hydrogens (primary N) is 2. The molecule has 1 heterocycles. The van der Waals surface area contributed by atoms with Crippen LogP contribution in [-0.4, -0.2) is 4.98 Å². The lowest BCUT2D eigenvalue weighted by Crippen LogP contribution is -2.13. The molecule has 1 aliphatic carbocycles. The molecular formula is C10H15N3. The second-order valence-corrected chi connectivity index (χ2v) is 3.79. The zero-order chi connectivity index (χ0) is 9.26. The van der Waals surface area contributed by atoms with E-state index in [-0.39, 0.29) is 6.04 Å². The van der Waals surface area contributed by atoms with E-state index in [0.29, 0.717) is 0 Å². The van der Waals surface area contributed by atoms with Crippen molar-refractivity contribution in [2.24, 2.45) is 11.7 Å². The summed E-state index contributed by atoms with van der Waals surface area (Å²) in [4.78, 5) is 3.94. The van der Waals surface area contributed by atoms with Crippen molar-refractivity contribution in [3.63, 3.8) is 0 Å². The molecule has 0 amide bonds. The van der Waals surface area contributed by atoms with Crippen LogP contribution in [0, 0.1) is 5.92 Å². The van der Waals surface area contributed by atoms with Crippen LogP contribution >= 0.6 is 0 Å². The quantitative estimate of drug-likeness (QED) is 0.734. The van der Waals surface area contributed by atoms with Gasteiger partial charge in [-0.2, -0.15) is 0 Å². The molecule has 3 heteroatoms. The number of anilines is 1. The summed E-state index contributed by atoms with van der Waals surface area (Å²) in [6.45, 7) is 0. The summed E-state index contributed by atoms with van der Waals surface area (Å²) >= 11 is 0. The van der Waals surface area contributed by atoms with Gasteiger partial charge in [0.2, 0.25) is 0 Å². The molecule has 1 aromatic rings. The van der Waals surface area contributed by atoms with E-state index in [1.165, 1.54) is 12.8 Å². The van der Waals surface area contributed by atoms with Crippen LogP contribution in [0.25, 0.3) is 0 Å². The van der Waals surface area contributed by atoms with Crippen LogP contribution in [-0.2, 0) is 0 Å². The van der Waals surface area contributed by atoms with Gasteiger partial charge in [0.25, 0.3) is 0 Å². The van der Waals surface area contributed by atoms with E-state index >= 15 is 0 Å². The van der Waals surface area contributed by atoms with Crippen molar-refractivity contribution in [2.75, 3.05) is 5.73 Å². The van der Waals surface area contributed by atoms with Crippen molar-refractivity contribution >= 4 is 5.69 Å². The number of pyridine rings is 1. The Kier molecular flexibility index (Phi) is 2.19. The molecule has 1 unspecified atom stereocenters. The number of aromatic nitrogens is 1. The first-order valence-corrected chi connectivity index (χ1v) is 4.72. The molecule has 1 fully saturated rings. The highest BCUT2D eigenvalue weighted by molar-refractivity contribution is 5.45. The molecule has 0 spiro atoms. The highest BCUT2D eigenvalue weighted by Gasteiger charge is 2.25. The number of hydrogen-bond donors (Lipinski definition) is 2. The summed E-state index contributed by atoms with van der Waals surface area (Å²) in [6, 6.07) is 2.01. The molecule has 0 aliphatic heterocycles. The molecule has 70 valence electrons. The van der Waals surface area contributed by atoms with Crippen LogP contribution in [0.2, 0.25) is 0 Å². The van der Waals surface area contributed by atoms with Crippen molar-refractivity contribution in [3.05, 3.63) is 24.0 Å². The Morgan fingerprint density at radius 2 is 2.31 bits per heavy atom. The minimum Gasteiger partial charge on any atom is -0.397 e. The average molecular weight is 177 g/mol. The third kappa shape index (κ3) is 1.98. The van der Waals surface area contributed by atoms with E-state index < -0.39 is 0 Å². The molecule has 1 aromatic heterocycles. The number of nitrogens with zero attached hydrogens (tertiary/aromatic N) is 1. The lowest BCUT2D eigenvalue weighted by molar-refractivity contribution is 0.598. The molecule has 1 saturated carbocycles. The largest absolute Gasteiger partial charge is 0.397 e. The van der Waals surface area contributed by atoms with Crippen LogP contribution in [0.3, 0.4) is 0 Å². The second kappa shape index (κ2) is 3.34. The second-order valence-electron chi connectivity index (χ2n) is 3.79. The lowest BCUT2D eigenvalue weighted by atomic mass is 10.0. The van der Waals surface area contributed by atoms with Crippen LogP contribution in [0.5, 0.6) is 0 Å². The maximum Gasteiger partial charge on any atom is 0.0549 e. The highest BCUT2D eigenvalue weighted by Crippen LogP contribution is 2.37. The zero-order valence-corrected chi connectivity index (χ0v) is 7.61. The Bertz CT molecular complexity index is 294. The standard InChI is InChI=1S/C10H15N3/c11-9(5-7-1-2-7)8-3-4-13-6-10(8)12/h3-4,6-7,9H,1-2,5,11-12H2. The number of nitrogen functional groups attached to an aromatic ring is 1. The van der Waals surface area contributed by atoms with Gasteiger partial charge in [0.1, 0.15) is 0 Å². The van der Waals surface area contributed by atoms with E-state index in [0.717, 1.165) is 23.6 Å². The van der Waals surface area contributed by atoms with Crippen LogP contribution in [0.4, 0.5) is 5.69 Å². The fourth-order valence-corrected chi connectivity index (χ4v) is 1.59. The minimum absolute atomic E-state index is 0.0931. The van der Waals surface area contributed by atoms with E-state index in [4.69, 9.17) is 11.5 Å².